The van der Waals surface area contributed by atoms with Crippen molar-refractivity contribution in [3.63, 3.8) is 0 Å². The maximum Gasteiger partial charge on any atom is 0.113 e. The fourth-order valence-electron chi connectivity index (χ4n) is 0.959. The van der Waals surface area contributed by atoms with Gasteiger partial charge in [-0.05, 0) is 6.42 Å². The summed E-state index contributed by atoms with van der Waals surface area (Å²) in [6, 6.07) is 2.05. The zero-order valence-corrected chi connectivity index (χ0v) is 7.58. The highest BCUT2D eigenvalue weighted by Crippen LogP contribution is 2.23. The van der Waals surface area contributed by atoms with E-state index in [-0.39, 0.29) is 5.92 Å². The van der Waals surface area contributed by atoms with Gasteiger partial charge in [-0.25, -0.2) is 4.98 Å². The Hall–Kier alpha value is -0.920. The van der Waals surface area contributed by atoms with Crippen LogP contribution in [0.3, 0.4) is 0 Å². The molecule has 0 saturated carbocycles. The van der Waals surface area contributed by atoms with Gasteiger partial charge in [0.1, 0.15) is 6.10 Å². The van der Waals surface area contributed by atoms with Crippen LogP contribution in [0.25, 0.3) is 0 Å². The lowest BCUT2D eigenvalue weighted by Crippen LogP contribution is -2.09. The Morgan fingerprint density at radius 2 is 2.58 bits per heavy atom. The zero-order chi connectivity index (χ0) is 8.97. The van der Waals surface area contributed by atoms with E-state index in [1.165, 1.54) is 11.3 Å². The summed E-state index contributed by atoms with van der Waals surface area (Å²) >= 11 is 1.43. The minimum atomic E-state index is -0.730. The summed E-state index contributed by atoms with van der Waals surface area (Å²) in [5.41, 5.74) is 2.26. The third kappa shape index (κ3) is 1.81. The molecule has 0 radical (unpaired) electrons. The number of hydrogen-bond acceptors (Lipinski definition) is 4. The van der Waals surface area contributed by atoms with Crippen LogP contribution in [-0.4, -0.2) is 10.1 Å². The highest BCUT2D eigenvalue weighted by atomic mass is 32.1. The fourth-order valence-corrected chi connectivity index (χ4v) is 1.54. The smallest absolute Gasteiger partial charge is 0.113 e. The molecule has 1 aromatic rings. The zero-order valence-electron chi connectivity index (χ0n) is 6.77. The Morgan fingerprint density at radius 1 is 1.83 bits per heavy atom. The number of thiazole rings is 1. The Morgan fingerprint density at radius 3 is 3.00 bits per heavy atom. The lowest BCUT2D eigenvalue weighted by molar-refractivity contribution is 0.129. The van der Waals surface area contributed by atoms with Crippen LogP contribution in [0.4, 0.5) is 0 Å². The van der Waals surface area contributed by atoms with Crippen LogP contribution in [0.1, 0.15) is 25.1 Å². The molecule has 0 bridgehead atoms. The number of aliphatic hydroxyl groups is 1. The Labute approximate surface area is 75.3 Å². The molecule has 1 rings (SSSR count). The second-order valence-corrected chi connectivity index (χ2v) is 3.22. The highest BCUT2D eigenvalue weighted by Gasteiger charge is 2.19. The van der Waals surface area contributed by atoms with Gasteiger partial charge < -0.3 is 5.11 Å². The van der Waals surface area contributed by atoms with E-state index in [1.807, 2.05) is 6.92 Å². The first kappa shape index (κ1) is 9.17. The predicted molar refractivity (Wildman–Crippen MR) is 46.5 cm³/mol. The van der Waals surface area contributed by atoms with Crippen LogP contribution >= 0.6 is 11.3 Å². The summed E-state index contributed by atoms with van der Waals surface area (Å²) in [5, 5.41) is 20.0. The lowest BCUT2D eigenvalue weighted by Gasteiger charge is -2.11. The maximum absolute atomic E-state index is 9.59. The first-order valence-electron chi connectivity index (χ1n) is 3.75. The molecule has 0 aliphatic heterocycles. The lowest BCUT2D eigenvalue weighted by atomic mass is 9.99. The topological polar surface area (TPSA) is 56.9 Å². The number of nitriles is 1. The number of aliphatic hydroxyl groups excluding tert-OH is 1. The van der Waals surface area contributed by atoms with Gasteiger partial charge in [-0.3, -0.25) is 0 Å². The van der Waals surface area contributed by atoms with Gasteiger partial charge in [0.15, 0.2) is 0 Å². The molecular formula is C8H10N2OS. The van der Waals surface area contributed by atoms with Crippen LogP contribution in [-0.2, 0) is 0 Å². The van der Waals surface area contributed by atoms with Crippen molar-refractivity contribution in [2.75, 3.05) is 0 Å². The van der Waals surface area contributed by atoms with E-state index in [4.69, 9.17) is 5.26 Å². The molecule has 2 atom stereocenters. The highest BCUT2D eigenvalue weighted by molar-refractivity contribution is 7.07. The molecule has 2 unspecified atom stereocenters. The van der Waals surface area contributed by atoms with Gasteiger partial charge in [0.05, 0.1) is 23.2 Å². The molecule has 0 fully saturated rings. The summed E-state index contributed by atoms with van der Waals surface area (Å²) in [4.78, 5) is 3.95. The number of rotatable bonds is 3. The van der Waals surface area contributed by atoms with Crippen LogP contribution in [0, 0.1) is 17.2 Å². The molecule has 1 aromatic heterocycles. The minimum absolute atomic E-state index is 0.341. The Balaban J connectivity index is 2.71. The first-order valence-corrected chi connectivity index (χ1v) is 4.69. The largest absolute Gasteiger partial charge is 0.385 e. The first-order chi connectivity index (χ1) is 5.79. The summed E-state index contributed by atoms with van der Waals surface area (Å²) in [6.45, 7) is 1.88. The average molecular weight is 182 g/mol. The monoisotopic (exact) mass is 182 g/mol. The maximum atomic E-state index is 9.59. The van der Waals surface area contributed by atoms with Gasteiger partial charge >= 0.3 is 0 Å². The molecule has 4 heteroatoms. The van der Waals surface area contributed by atoms with Crippen molar-refractivity contribution in [3.05, 3.63) is 16.6 Å². The van der Waals surface area contributed by atoms with E-state index >= 15 is 0 Å². The normalized spacial score (nSPS) is 15.1. The number of aromatic nitrogens is 1. The third-order valence-electron chi connectivity index (χ3n) is 1.74. The predicted octanol–water partition coefficient (Wildman–Crippen LogP) is 1.73. The molecule has 64 valence electrons. The van der Waals surface area contributed by atoms with E-state index in [0.29, 0.717) is 12.1 Å². The fraction of sp³-hybridized carbons (Fsp3) is 0.500. The molecule has 0 saturated heterocycles. The van der Waals surface area contributed by atoms with Crippen molar-refractivity contribution >= 4 is 11.3 Å². The average Bonchev–Trinajstić information content (AvgIpc) is 2.58. The Bertz CT molecular complexity index is 265. The molecule has 0 aromatic carbocycles. The molecule has 3 nitrogen and oxygen atoms in total. The van der Waals surface area contributed by atoms with E-state index in [0.717, 1.165) is 0 Å². The molecule has 0 aliphatic rings. The summed E-state index contributed by atoms with van der Waals surface area (Å²) in [7, 11) is 0. The molecule has 0 amide bonds. The SMILES string of the molecule is CCC(C#N)C(O)c1cscn1. The summed E-state index contributed by atoms with van der Waals surface area (Å²) < 4.78 is 0. The molecule has 1 heterocycles. The van der Waals surface area contributed by atoms with Crippen molar-refractivity contribution in [1.29, 1.82) is 5.26 Å². The van der Waals surface area contributed by atoms with Crippen molar-refractivity contribution in [2.45, 2.75) is 19.4 Å². The van der Waals surface area contributed by atoms with Crippen LogP contribution in [0.15, 0.2) is 10.9 Å². The van der Waals surface area contributed by atoms with Crippen molar-refractivity contribution in [1.82, 2.24) is 4.98 Å². The van der Waals surface area contributed by atoms with Gasteiger partial charge in [-0.15, -0.1) is 11.3 Å². The Kier molecular flexibility index (Phi) is 3.20. The van der Waals surface area contributed by atoms with E-state index in [1.54, 1.807) is 10.9 Å². The third-order valence-corrected chi connectivity index (χ3v) is 2.35. The standard InChI is InChI=1S/C8H10N2OS/c1-2-6(3-9)8(11)7-4-12-5-10-7/h4-6,8,11H,2H2,1H3. The van der Waals surface area contributed by atoms with E-state index < -0.39 is 6.10 Å². The number of hydrogen-bond donors (Lipinski definition) is 1. The van der Waals surface area contributed by atoms with Crippen LogP contribution in [0.2, 0.25) is 0 Å². The molecule has 1 N–H and O–H groups in total. The van der Waals surface area contributed by atoms with Crippen molar-refractivity contribution < 1.29 is 5.11 Å². The number of nitrogens with zero attached hydrogens (tertiary/aromatic N) is 2. The van der Waals surface area contributed by atoms with Crippen molar-refractivity contribution in [3.8, 4) is 6.07 Å². The molecule has 12 heavy (non-hydrogen) atoms. The molecular weight excluding hydrogens is 172 g/mol. The summed E-state index contributed by atoms with van der Waals surface area (Å²) in [5.74, 6) is -0.341. The minimum Gasteiger partial charge on any atom is -0.385 e. The van der Waals surface area contributed by atoms with Crippen LogP contribution in [0.5, 0.6) is 0 Å². The van der Waals surface area contributed by atoms with Gasteiger partial charge in [0.25, 0.3) is 0 Å². The van der Waals surface area contributed by atoms with Gasteiger partial charge in [0, 0.05) is 5.38 Å². The molecule has 0 aliphatic carbocycles. The van der Waals surface area contributed by atoms with E-state index in [9.17, 15) is 5.11 Å². The second-order valence-electron chi connectivity index (χ2n) is 2.50. The van der Waals surface area contributed by atoms with Crippen molar-refractivity contribution in [2.24, 2.45) is 5.92 Å². The van der Waals surface area contributed by atoms with Crippen LogP contribution < -0.4 is 0 Å². The summed E-state index contributed by atoms with van der Waals surface area (Å²) in [6.07, 6.45) is -0.0823. The second kappa shape index (κ2) is 4.19. The molecule has 0 spiro atoms. The quantitative estimate of drug-likeness (QED) is 0.774. The van der Waals surface area contributed by atoms with Gasteiger partial charge in [-0.2, -0.15) is 5.26 Å². The van der Waals surface area contributed by atoms with Gasteiger partial charge in [-0.1, -0.05) is 6.92 Å². The van der Waals surface area contributed by atoms with E-state index in [2.05, 4.69) is 11.1 Å². The van der Waals surface area contributed by atoms with Gasteiger partial charge in [0.2, 0.25) is 0 Å².